The van der Waals surface area contributed by atoms with Crippen LogP contribution in [0.1, 0.15) is 24.8 Å². The molecule has 1 aromatic heterocycles. The van der Waals surface area contributed by atoms with Crippen LogP contribution in [0.4, 0.5) is 0 Å². The molecule has 0 saturated carbocycles. The van der Waals surface area contributed by atoms with E-state index >= 15 is 0 Å². The van der Waals surface area contributed by atoms with Crippen LogP contribution in [-0.4, -0.2) is 50.9 Å². The second-order valence-corrected chi connectivity index (χ2v) is 8.34. The maximum Gasteiger partial charge on any atom is 0.283 e. The Kier molecular flexibility index (Phi) is 4.78. The van der Waals surface area contributed by atoms with Gasteiger partial charge in [-0.1, -0.05) is 12.1 Å². The van der Waals surface area contributed by atoms with Gasteiger partial charge in [-0.15, -0.1) is 0 Å². The molecule has 0 atom stereocenters. The monoisotopic (exact) mass is 435 g/mol. The van der Waals surface area contributed by atoms with E-state index in [0.29, 0.717) is 16.0 Å². The topological polar surface area (TPSA) is 119 Å². The number of thioether (sulfide) groups is 1. The smallest absolute Gasteiger partial charge is 0.283 e. The molecule has 3 aliphatic heterocycles. The van der Waals surface area contributed by atoms with Gasteiger partial charge in [-0.25, -0.2) is 0 Å². The summed E-state index contributed by atoms with van der Waals surface area (Å²) in [5, 5.41) is 15.1. The third kappa shape index (κ3) is 3.48. The van der Waals surface area contributed by atoms with Crippen molar-refractivity contribution in [2.45, 2.75) is 19.3 Å². The first kappa shape index (κ1) is 19.4. The fourth-order valence-corrected chi connectivity index (χ4v) is 4.53. The summed E-state index contributed by atoms with van der Waals surface area (Å²) >= 11 is 1.11. The number of nitrogens with zero attached hydrogens (tertiary/aromatic N) is 4. The summed E-state index contributed by atoms with van der Waals surface area (Å²) in [4.78, 5) is 43.5. The van der Waals surface area contributed by atoms with Crippen LogP contribution in [0.3, 0.4) is 0 Å². The van der Waals surface area contributed by atoms with Gasteiger partial charge < -0.3 is 9.32 Å². The first-order valence-corrected chi connectivity index (χ1v) is 10.6. The molecule has 2 amide bonds. The number of amidine groups is 2. The number of para-hydroxylation sites is 1. The molecule has 0 bridgehead atoms. The van der Waals surface area contributed by atoms with E-state index in [2.05, 4.69) is 10.1 Å². The lowest BCUT2D eigenvalue weighted by Gasteiger charge is -2.20. The molecule has 9 nitrogen and oxygen atoms in total. The van der Waals surface area contributed by atoms with Gasteiger partial charge in [-0.05, 0) is 42.8 Å². The Morgan fingerprint density at radius 2 is 2.00 bits per heavy atom. The number of carbonyl (C=O) groups is 2. The van der Waals surface area contributed by atoms with E-state index in [4.69, 9.17) is 9.83 Å². The van der Waals surface area contributed by atoms with Crippen molar-refractivity contribution in [3.05, 3.63) is 51.9 Å². The zero-order chi connectivity index (χ0) is 21.5. The summed E-state index contributed by atoms with van der Waals surface area (Å²) < 4.78 is 5.48. The van der Waals surface area contributed by atoms with Crippen LogP contribution in [0.15, 0.2) is 55.4 Å². The van der Waals surface area contributed by atoms with E-state index in [1.165, 1.54) is 17.3 Å². The minimum atomic E-state index is -0.640. The molecule has 31 heavy (non-hydrogen) atoms. The van der Waals surface area contributed by atoms with E-state index in [9.17, 15) is 14.4 Å². The van der Waals surface area contributed by atoms with Crippen molar-refractivity contribution in [2.75, 3.05) is 13.1 Å². The number of aliphatic imine (C=N–C) groups is 1. The quantitative estimate of drug-likeness (QED) is 0.740. The largest absolute Gasteiger partial charge is 0.463 e. The second kappa shape index (κ2) is 7.62. The van der Waals surface area contributed by atoms with E-state index in [-0.39, 0.29) is 39.9 Å². The average molecular weight is 435 g/mol. The summed E-state index contributed by atoms with van der Waals surface area (Å²) in [6.45, 7) is 1.49. The Hall–Kier alpha value is -3.53. The first-order chi connectivity index (χ1) is 15.0. The molecule has 5 rings (SSSR count). The number of likely N-dealkylation sites (tertiary alicyclic amines) is 1. The number of carbonyl (C=O) groups excluding carboxylic acids is 2. The number of amides is 2. The van der Waals surface area contributed by atoms with Crippen molar-refractivity contribution in [3.63, 3.8) is 0 Å². The van der Waals surface area contributed by atoms with E-state index in [0.717, 1.165) is 37.7 Å². The van der Waals surface area contributed by atoms with E-state index in [1.807, 2.05) is 0 Å². The summed E-state index contributed by atoms with van der Waals surface area (Å²) in [5.41, 5.74) is 0.210. The molecule has 1 saturated heterocycles. The predicted octanol–water partition coefficient (Wildman–Crippen LogP) is 2.42. The lowest BCUT2D eigenvalue weighted by Crippen LogP contribution is -2.35. The van der Waals surface area contributed by atoms with Crippen LogP contribution in [0.2, 0.25) is 0 Å². The number of rotatable bonds is 3. The highest BCUT2D eigenvalue weighted by Crippen LogP contribution is 2.29. The van der Waals surface area contributed by atoms with Gasteiger partial charge in [0, 0.05) is 13.1 Å². The molecule has 156 valence electrons. The van der Waals surface area contributed by atoms with E-state index in [1.54, 1.807) is 29.2 Å². The summed E-state index contributed by atoms with van der Waals surface area (Å²) in [6.07, 6.45) is 4.67. The van der Waals surface area contributed by atoms with E-state index < -0.39 is 5.91 Å². The molecular formula is C21H17N5O4S. The van der Waals surface area contributed by atoms with Crippen LogP contribution in [0.5, 0.6) is 0 Å². The molecule has 0 radical (unpaired) electrons. The van der Waals surface area contributed by atoms with Gasteiger partial charge in [-0.2, -0.15) is 15.1 Å². The number of fused-ring (bicyclic) bond motifs is 2. The summed E-state index contributed by atoms with van der Waals surface area (Å²) in [5.74, 6) is -0.858. The molecular weight excluding hydrogens is 418 g/mol. The van der Waals surface area contributed by atoms with Crippen LogP contribution >= 0.6 is 11.8 Å². The van der Waals surface area contributed by atoms with Gasteiger partial charge in [0.05, 0.1) is 22.9 Å². The predicted molar refractivity (Wildman–Crippen MR) is 118 cm³/mol. The molecule has 1 aromatic carbocycles. The molecule has 0 aliphatic carbocycles. The van der Waals surface area contributed by atoms with Crippen molar-refractivity contribution in [2.24, 2.45) is 10.1 Å². The highest BCUT2D eigenvalue weighted by Gasteiger charge is 2.36. The second-order valence-electron chi connectivity index (χ2n) is 7.29. The zero-order valence-corrected chi connectivity index (χ0v) is 17.1. The number of hydrogen-bond donors (Lipinski definition) is 1. The molecule has 4 heterocycles. The minimum Gasteiger partial charge on any atom is -0.463 e. The highest BCUT2D eigenvalue weighted by molar-refractivity contribution is 8.27. The van der Waals surface area contributed by atoms with Crippen molar-refractivity contribution < 1.29 is 14.0 Å². The Balaban J connectivity index is 1.43. The number of nitrogens with one attached hydrogen (secondary N) is 1. The lowest BCUT2D eigenvalue weighted by molar-refractivity contribution is -0.128. The Morgan fingerprint density at radius 3 is 2.81 bits per heavy atom. The maximum atomic E-state index is 12.7. The van der Waals surface area contributed by atoms with Crippen LogP contribution in [-0.2, 0) is 9.59 Å². The lowest BCUT2D eigenvalue weighted by atomic mass is 10.1. The number of hydrogen-bond acceptors (Lipinski definition) is 7. The minimum absolute atomic E-state index is 0.0217. The summed E-state index contributed by atoms with van der Waals surface area (Å²) in [6, 6.07) is 6.80. The summed E-state index contributed by atoms with van der Waals surface area (Å²) in [7, 11) is 0. The van der Waals surface area contributed by atoms with Crippen LogP contribution < -0.4 is 5.43 Å². The van der Waals surface area contributed by atoms with Crippen molar-refractivity contribution in [3.8, 4) is 0 Å². The molecule has 10 heteroatoms. The van der Waals surface area contributed by atoms with Gasteiger partial charge in [0.25, 0.3) is 5.91 Å². The Bertz CT molecular complexity index is 1290. The SMILES string of the molecule is N=C1/C(=C\c2coc3ccccc3c2=O)C(=O)N=C2SC(CC(=O)N3CCCC3)=NN12. The molecule has 2 aromatic rings. The van der Waals surface area contributed by atoms with Gasteiger partial charge in [0.2, 0.25) is 11.1 Å². The number of hydrazone groups is 1. The Labute approximate surface area is 180 Å². The average Bonchev–Trinajstić information content (AvgIpc) is 3.43. The van der Waals surface area contributed by atoms with Crippen molar-refractivity contribution in [1.29, 1.82) is 5.41 Å². The number of benzene rings is 1. The van der Waals surface area contributed by atoms with Gasteiger partial charge in [0.15, 0.2) is 11.3 Å². The zero-order valence-electron chi connectivity index (χ0n) is 16.3. The fourth-order valence-electron chi connectivity index (χ4n) is 3.66. The third-order valence-electron chi connectivity index (χ3n) is 5.26. The van der Waals surface area contributed by atoms with Gasteiger partial charge in [-0.3, -0.25) is 19.8 Å². The third-order valence-corrected chi connectivity index (χ3v) is 6.17. The molecule has 0 unspecified atom stereocenters. The van der Waals surface area contributed by atoms with Crippen LogP contribution in [0.25, 0.3) is 17.0 Å². The molecule has 3 aliphatic rings. The van der Waals surface area contributed by atoms with Crippen molar-refractivity contribution in [1.82, 2.24) is 9.91 Å². The van der Waals surface area contributed by atoms with Gasteiger partial charge in [0.1, 0.15) is 16.9 Å². The highest BCUT2D eigenvalue weighted by atomic mass is 32.2. The standard InChI is InChI=1S/C21H17N5O4S/c22-19-14(9-12-11-30-15-6-2-1-5-13(15)18(12)28)20(29)23-21-26(19)24-16(31-21)10-17(27)25-7-3-4-8-25/h1-2,5-6,9,11,22H,3-4,7-8,10H2/b14-9+,22-19?. The maximum absolute atomic E-state index is 12.7. The van der Waals surface area contributed by atoms with Gasteiger partial charge >= 0.3 is 0 Å². The van der Waals surface area contributed by atoms with Crippen LogP contribution in [0, 0.1) is 5.41 Å². The molecule has 0 spiro atoms. The molecule has 1 N–H and O–H groups in total. The molecule has 1 fully saturated rings. The fraction of sp³-hybridized carbons (Fsp3) is 0.238. The normalized spacial score (nSPS) is 19.8. The first-order valence-electron chi connectivity index (χ1n) is 9.79. The van der Waals surface area contributed by atoms with Crippen molar-refractivity contribution >= 4 is 56.7 Å². The Morgan fingerprint density at radius 1 is 1.23 bits per heavy atom.